The number of hydrogen-bond acceptors (Lipinski definition) is 2. The first kappa shape index (κ1) is 17.9. The minimum atomic E-state index is -0.492. The highest BCUT2D eigenvalue weighted by Gasteiger charge is 2.21. The highest BCUT2D eigenvalue weighted by molar-refractivity contribution is 6.12. The Labute approximate surface area is 161 Å². The van der Waals surface area contributed by atoms with Crippen molar-refractivity contribution in [3.05, 3.63) is 96.1 Å². The van der Waals surface area contributed by atoms with Gasteiger partial charge in [-0.2, -0.15) is 0 Å². The summed E-state index contributed by atoms with van der Waals surface area (Å²) in [6.07, 6.45) is 0. The third-order valence-corrected chi connectivity index (χ3v) is 4.72. The molecule has 0 aliphatic carbocycles. The maximum atomic E-state index is 13.5. The fraction of sp³-hybridized carbons (Fsp3) is 0.0417. The van der Waals surface area contributed by atoms with Crippen LogP contribution in [0.2, 0.25) is 0 Å². The van der Waals surface area contributed by atoms with Crippen LogP contribution >= 0.6 is 0 Å². The van der Waals surface area contributed by atoms with Gasteiger partial charge in [0.05, 0.1) is 12.7 Å². The Kier molecular flexibility index (Phi) is 4.62. The van der Waals surface area contributed by atoms with E-state index >= 15 is 0 Å². The number of carbonyl (C=O) groups is 1. The van der Waals surface area contributed by atoms with Crippen molar-refractivity contribution in [2.45, 2.75) is 0 Å². The third-order valence-electron chi connectivity index (χ3n) is 4.72. The van der Waals surface area contributed by atoms with Crippen LogP contribution in [0.15, 0.2) is 78.9 Å². The number of halogens is 2. The van der Waals surface area contributed by atoms with Gasteiger partial charge in [0.15, 0.2) is 0 Å². The highest BCUT2D eigenvalue weighted by Crippen LogP contribution is 2.41. The van der Waals surface area contributed by atoms with Crippen LogP contribution in [0.5, 0.6) is 0 Å². The highest BCUT2D eigenvalue weighted by atomic mass is 19.1. The largest absolute Gasteiger partial charge is 0.465 e. The summed E-state index contributed by atoms with van der Waals surface area (Å²) < 4.78 is 32.1. The van der Waals surface area contributed by atoms with E-state index in [1.54, 1.807) is 30.3 Å². The van der Waals surface area contributed by atoms with Gasteiger partial charge in [-0.1, -0.05) is 48.5 Å². The topological polar surface area (TPSA) is 26.3 Å². The summed E-state index contributed by atoms with van der Waals surface area (Å²) in [5.74, 6) is -1.21. The van der Waals surface area contributed by atoms with E-state index in [9.17, 15) is 13.6 Å². The number of fused-ring (bicyclic) bond motifs is 1. The summed E-state index contributed by atoms with van der Waals surface area (Å²) in [5, 5.41) is 1.76. The summed E-state index contributed by atoms with van der Waals surface area (Å²) in [6, 6.07) is 21.5. The molecule has 138 valence electrons. The predicted molar refractivity (Wildman–Crippen MR) is 106 cm³/mol. The number of carbonyl (C=O) groups excluding carboxylic acids is 1. The van der Waals surface area contributed by atoms with Gasteiger partial charge in [-0.25, -0.2) is 13.6 Å². The Morgan fingerprint density at radius 2 is 1.29 bits per heavy atom. The molecule has 0 saturated carbocycles. The summed E-state index contributed by atoms with van der Waals surface area (Å²) >= 11 is 0. The molecule has 4 aromatic rings. The average Bonchev–Trinajstić information content (AvgIpc) is 2.73. The minimum absolute atomic E-state index is 0.347. The summed E-state index contributed by atoms with van der Waals surface area (Å²) in [4.78, 5) is 12.6. The Morgan fingerprint density at radius 3 is 1.86 bits per heavy atom. The lowest BCUT2D eigenvalue weighted by molar-refractivity contribution is 0.0602. The predicted octanol–water partition coefficient (Wildman–Crippen LogP) is 6.24. The zero-order valence-corrected chi connectivity index (χ0v) is 15.1. The maximum Gasteiger partial charge on any atom is 0.338 e. The van der Waals surface area contributed by atoms with E-state index in [4.69, 9.17) is 4.74 Å². The van der Waals surface area contributed by atoms with Crippen molar-refractivity contribution in [2.24, 2.45) is 0 Å². The van der Waals surface area contributed by atoms with Gasteiger partial charge in [-0.15, -0.1) is 0 Å². The van der Waals surface area contributed by atoms with Gasteiger partial charge in [-0.3, -0.25) is 0 Å². The van der Waals surface area contributed by atoms with E-state index in [0.29, 0.717) is 16.7 Å². The molecule has 0 aromatic heterocycles. The third kappa shape index (κ3) is 3.14. The van der Waals surface area contributed by atoms with E-state index < -0.39 is 5.97 Å². The Bertz CT molecular complexity index is 1160. The SMILES string of the molecule is COC(=O)c1cc2ccccc2c(-c2ccc(F)cc2)c1-c1ccc(F)cc1. The first-order valence-electron chi connectivity index (χ1n) is 8.74. The molecule has 4 aromatic carbocycles. The molecule has 0 N–H and O–H groups in total. The first-order chi connectivity index (χ1) is 13.6. The Morgan fingerprint density at radius 1 is 0.750 bits per heavy atom. The smallest absolute Gasteiger partial charge is 0.338 e. The molecular formula is C24H16F2O2. The Balaban J connectivity index is 2.16. The molecule has 0 aliphatic heterocycles. The van der Waals surface area contributed by atoms with Crippen LogP contribution in [0.25, 0.3) is 33.0 Å². The second kappa shape index (κ2) is 7.24. The molecule has 2 nitrogen and oxygen atoms in total. The maximum absolute atomic E-state index is 13.5. The van der Waals surface area contributed by atoms with Gasteiger partial charge in [-0.05, 0) is 57.8 Å². The number of methoxy groups -OCH3 is 1. The first-order valence-corrected chi connectivity index (χ1v) is 8.74. The fourth-order valence-electron chi connectivity index (χ4n) is 3.45. The minimum Gasteiger partial charge on any atom is -0.465 e. The van der Waals surface area contributed by atoms with Crippen LogP contribution in [-0.2, 0) is 4.74 Å². The molecule has 0 radical (unpaired) electrons. The molecule has 0 amide bonds. The van der Waals surface area contributed by atoms with Gasteiger partial charge < -0.3 is 4.74 Å². The van der Waals surface area contributed by atoms with Crippen LogP contribution in [-0.4, -0.2) is 13.1 Å². The van der Waals surface area contributed by atoms with E-state index in [2.05, 4.69) is 0 Å². The average molecular weight is 374 g/mol. The van der Waals surface area contributed by atoms with E-state index in [-0.39, 0.29) is 11.6 Å². The van der Waals surface area contributed by atoms with Crippen molar-refractivity contribution in [3.63, 3.8) is 0 Å². The lowest BCUT2D eigenvalue weighted by Crippen LogP contribution is -2.05. The molecule has 0 fully saturated rings. The molecule has 0 heterocycles. The molecule has 0 atom stereocenters. The molecule has 28 heavy (non-hydrogen) atoms. The monoisotopic (exact) mass is 374 g/mol. The van der Waals surface area contributed by atoms with Gasteiger partial charge in [0.1, 0.15) is 11.6 Å². The van der Waals surface area contributed by atoms with Crippen LogP contribution in [0.4, 0.5) is 8.78 Å². The lowest BCUT2D eigenvalue weighted by Gasteiger charge is -2.18. The van der Waals surface area contributed by atoms with Crippen molar-refractivity contribution in [3.8, 4) is 22.3 Å². The van der Waals surface area contributed by atoms with Crippen molar-refractivity contribution in [1.82, 2.24) is 0 Å². The van der Waals surface area contributed by atoms with Crippen LogP contribution in [0.1, 0.15) is 10.4 Å². The van der Waals surface area contributed by atoms with E-state index in [1.807, 2.05) is 24.3 Å². The number of rotatable bonds is 3. The van der Waals surface area contributed by atoms with Gasteiger partial charge >= 0.3 is 5.97 Å². The van der Waals surface area contributed by atoms with Crippen molar-refractivity contribution in [1.29, 1.82) is 0 Å². The summed E-state index contributed by atoms with van der Waals surface area (Å²) in [7, 11) is 1.32. The molecule has 0 bridgehead atoms. The van der Waals surface area contributed by atoms with Crippen molar-refractivity contribution < 1.29 is 18.3 Å². The van der Waals surface area contributed by atoms with Gasteiger partial charge in [0.25, 0.3) is 0 Å². The molecular weight excluding hydrogens is 358 g/mol. The fourth-order valence-corrected chi connectivity index (χ4v) is 3.45. The van der Waals surface area contributed by atoms with E-state index in [0.717, 1.165) is 21.9 Å². The number of esters is 1. The quantitative estimate of drug-likeness (QED) is 0.397. The normalized spacial score (nSPS) is 10.8. The molecule has 4 heteroatoms. The van der Waals surface area contributed by atoms with E-state index in [1.165, 1.54) is 31.4 Å². The lowest BCUT2D eigenvalue weighted by atomic mass is 9.86. The second-order valence-corrected chi connectivity index (χ2v) is 6.40. The van der Waals surface area contributed by atoms with Gasteiger partial charge in [0, 0.05) is 5.56 Å². The van der Waals surface area contributed by atoms with Crippen LogP contribution in [0, 0.1) is 11.6 Å². The summed E-state index contributed by atoms with van der Waals surface area (Å²) in [5.41, 5.74) is 3.18. The molecule has 0 unspecified atom stereocenters. The standard InChI is InChI=1S/C24H16F2O2/c1-28-24(27)21-14-17-4-2-3-5-20(17)22(15-6-10-18(25)11-7-15)23(21)16-8-12-19(26)13-9-16/h2-14H,1H3. The molecule has 4 rings (SSSR count). The zero-order chi connectivity index (χ0) is 19.7. The zero-order valence-electron chi connectivity index (χ0n) is 15.1. The number of hydrogen-bond donors (Lipinski definition) is 0. The second-order valence-electron chi connectivity index (χ2n) is 6.40. The van der Waals surface area contributed by atoms with Crippen molar-refractivity contribution >= 4 is 16.7 Å². The number of benzene rings is 4. The molecule has 0 spiro atoms. The number of ether oxygens (including phenoxy) is 1. The van der Waals surface area contributed by atoms with Crippen molar-refractivity contribution in [2.75, 3.05) is 7.11 Å². The van der Waals surface area contributed by atoms with Gasteiger partial charge in [0.2, 0.25) is 0 Å². The van der Waals surface area contributed by atoms with Crippen LogP contribution in [0.3, 0.4) is 0 Å². The van der Waals surface area contributed by atoms with Crippen LogP contribution < -0.4 is 0 Å². The molecule has 0 saturated heterocycles. The Hall–Kier alpha value is -3.53. The molecule has 0 aliphatic rings. The summed E-state index contributed by atoms with van der Waals surface area (Å²) in [6.45, 7) is 0.